The second kappa shape index (κ2) is 5.93. The second-order valence-corrected chi connectivity index (χ2v) is 7.48. The average molecular weight is 312 g/mol. The standard InChI is InChI=1S/C15H24N2O3S/c1-10-11(2)21-14(19)16(10)9-7-13(18)17-8-5-6-12(17)15(3,4)20/h12,20H,5-9H2,1-4H3. The molecule has 2 heterocycles. The Morgan fingerprint density at radius 2 is 2.10 bits per heavy atom. The Hall–Kier alpha value is -1.14. The Bertz CT molecular complexity index is 583. The molecule has 1 atom stereocenters. The van der Waals surface area contributed by atoms with E-state index in [-0.39, 0.29) is 16.8 Å². The Balaban J connectivity index is 2.03. The van der Waals surface area contributed by atoms with Gasteiger partial charge in [0, 0.05) is 30.1 Å². The van der Waals surface area contributed by atoms with Crippen molar-refractivity contribution >= 4 is 17.2 Å². The topological polar surface area (TPSA) is 62.5 Å². The first-order valence-corrected chi connectivity index (χ1v) is 8.22. The Morgan fingerprint density at radius 1 is 1.43 bits per heavy atom. The summed E-state index contributed by atoms with van der Waals surface area (Å²) in [6.07, 6.45) is 2.08. The molecule has 1 N–H and O–H groups in total. The lowest BCUT2D eigenvalue weighted by molar-refractivity contribution is -0.136. The van der Waals surface area contributed by atoms with Gasteiger partial charge in [0.15, 0.2) is 0 Å². The van der Waals surface area contributed by atoms with Crippen molar-refractivity contribution in [2.24, 2.45) is 0 Å². The minimum Gasteiger partial charge on any atom is -0.388 e. The molecule has 1 saturated heterocycles. The minimum absolute atomic E-state index is 0.00161. The van der Waals surface area contributed by atoms with Gasteiger partial charge >= 0.3 is 4.87 Å². The normalized spacial score (nSPS) is 19.3. The second-order valence-electron chi connectivity index (χ2n) is 6.31. The van der Waals surface area contributed by atoms with Crippen molar-refractivity contribution in [1.29, 1.82) is 0 Å². The first-order chi connectivity index (χ1) is 9.71. The molecule has 0 aliphatic carbocycles. The van der Waals surface area contributed by atoms with Gasteiger partial charge in [-0.2, -0.15) is 0 Å². The number of aromatic nitrogens is 1. The van der Waals surface area contributed by atoms with Crippen molar-refractivity contribution in [1.82, 2.24) is 9.47 Å². The van der Waals surface area contributed by atoms with Gasteiger partial charge in [-0.3, -0.25) is 9.59 Å². The highest BCUT2D eigenvalue weighted by molar-refractivity contribution is 7.09. The van der Waals surface area contributed by atoms with Gasteiger partial charge in [-0.25, -0.2) is 0 Å². The zero-order valence-corrected chi connectivity index (χ0v) is 14.0. The molecule has 21 heavy (non-hydrogen) atoms. The fraction of sp³-hybridized carbons (Fsp3) is 0.733. The van der Waals surface area contributed by atoms with Crippen LogP contribution < -0.4 is 4.87 Å². The summed E-state index contributed by atoms with van der Waals surface area (Å²) in [4.78, 5) is 27.0. The van der Waals surface area contributed by atoms with Crippen LogP contribution in [-0.2, 0) is 11.3 Å². The summed E-state index contributed by atoms with van der Waals surface area (Å²) in [5, 5.41) is 10.2. The maximum atomic E-state index is 12.4. The lowest BCUT2D eigenvalue weighted by Crippen LogP contribution is -2.48. The van der Waals surface area contributed by atoms with Gasteiger partial charge in [0.05, 0.1) is 11.6 Å². The summed E-state index contributed by atoms with van der Waals surface area (Å²) < 4.78 is 1.67. The van der Waals surface area contributed by atoms with E-state index in [0.717, 1.165) is 23.4 Å². The maximum absolute atomic E-state index is 12.4. The number of carbonyl (C=O) groups is 1. The van der Waals surface area contributed by atoms with Crippen molar-refractivity contribution in [2.45, 2.75) is 65.1 Å². The lowest BCUT2D eigenvalue weighted by Gasteiger charge is -2.34. The number of nitrogens with zero attached hydrogens (tertiary/aromatic N) is 2. The molecule has 1 amide bonds. The monoisotopic (exact) mass is 312 g/mol. The van der Waals surface area contributed by atoms with Gasteiger partial charge in [-0.05, 0) is 40.5 Å². The number of thiazole rings is 1. The van der Waals surface area contributed by atoms with E-state index in [1.165, 1.54) is 11.3 Å². The van der Waals surface area contributed by atoms with Gasteiger partial charge in [0.1, 0.15) is 0 Å². The Morgan fingerprint density at radius 3 is 2.62 bits per heavy atom. The fourth-order valence-electron chi connectivity index (χ4n) is 3.00. The summed E-state index contributed by atoms with van der Waals surface area (Å²) >= 11 is 1.23. The Kier molecular flexibility index (Phi) is 4.58. The van der Waals surface area contributed by atoms with Crippen LogP contribution in [0.3, 0.4) is 0 Å². The molecule has 1 aliphatic rings. The van der Waals surface area contributed by atoms with E-state index in [9.17, 15) is 14.7 Å². The molecule has 1 unspecified atom stereocenters. The number of rotatable bonds is 4. The number of amides is 1. The maximum Gasteiger partial charge on any atom is 0.307 e. The third-order valence-electron chi connectivity index (χ3n) is 4.31. The molecule has 0 saturated carbocycles. The van der Waals surface area contributed by atoms with Crippen molar-refractivity contribution in [3.63, 3.8) is 0 Å². The molecule has 0 aromatic carbocycles. The van der Waals surface area contributed by atoms with Gasteiger partial charge in [0.2, 0.25) is 5.91 Å². The van der Waals surface area contributed by atoms with E-state index in [0.29, 0.717) is 19.5 Å². The number of hydrogen-bond donors (Lipinski definition) is 1. The average Bonchev–Trinajstić information content (AvgIpc) is 2.94. The van der Waals surface area contributed by atoms with Gasteiger partial charge < -0.3 is 14.6 Å². The van der Waals surface area contributed by atoms with Crippen LogP contribution in [0.5, 0.6) is 0 Å². The molecule has 0 bridgehead atoms. The summed E-state index contributed by atoms with van der Waals surface area (Å²) in [5.41, 5.74) is 0.0657. The largest absolute Gasteiger partial charge is 0.388 e. The molecular formula is C15H24N2O3S. The first-order valence-electron chi connectivity index (χ1n) is 7.40. The highest BCUT2D eigenvalue weighted by atomic mass is 32.1. The highest BCUT2D eigenvalue weighted by Crippen LogP contribution is 2.27. The highest BCUT2D eigenvalue weighted by Gasteiger charge is 2.38. The van der Waals surface area contributed by atoms with Crippen molar-refractivity contribution in [3.05, 3.63) is 20.2 Å². The molecule has 0 radical (unpaired) electrons. The van der Waals surface area contributed by atoms with E-state index in [1.54, 1.807) is 23.3 Å². The van der Waals surface area contributed by atoms with Crippen molar-refractivity contribution in [2.75, 3.05) is 6.54 Å². The van der Waals surface area contributed by atoms with Gasteiger partial charge in [0.25, 0.3) is 0 Å². The predicted octanol–water partition coefficient (Wildman–Crippen LogP) is 1.68. The molecule has 1 aliphatic heterocycles. The van der Waals surface area contributed by atoms with E-state index in [4.69, 9.17) is 0 Å². The van der Waals surface area contributed by atoms with Crippen LogP contribution in [0.2, 0.25) is 0 Å². The molecule has 6 heteroatoms. The predicted molar refractivity (Wildman–Crippen MR) is 83.7 cm³/mol. The van der Waals surface area contributed by atoms with E-state index >= 15 is 0 Å². The van der Waals surface area contributed by atoms with Crippen LogP contribution in [0, 0.1) is 13.8 Å². The quantitative estimate of drug-likeness (QED) is 0.920. The SMILES string of the molecule is Cc1sc(=O)n(CCC(=O)N2CCCC2C(C)(C)O)c1C. The molecule has 0 spiro atoms. The van der Waals surface area contributed by atoms with Gasteiger partial charge in [-0.15, -0.1) is 0 Å². The van der Waals surface area contributed by atoms with Crippen LogP contribution in [0.1, 0.15) is 43.7 Å². The number of aliphatic hydroxyl groups is 1. The molecule has 2 rings (SSSR count). The molecule has 1 aromatic rings. The smallest absolute Gasteiger partial charge is 0.307 e. The molecule has 5 nitrogen and oxygen atoms in total. The van der Waals surface area contributed by atoms with E-state index < -0.39 is 5.60 Å². The Labute approximate surface area is 129 Å². The zero-order valence-electron chi connectivity index (χ0n) is 13.2. The summed E-state index contributed by atoms with van der Waals surface area (Å²) in [6, 6.07) is -0.118. The summed E-state index contributed by atoms with van der Waals surface area (Å²) in [7, 11) is 0. The van der Waals surface area contributed by atoms with Crippen LogP contribution in [-0.4, -0.2) is 38.7 Å². The molecule has 1 fully saturated rings. The zero-order chi connectivity index (χ0) is 15.8. The molecule has 1 aromatic heterocycles. The summed E-state index contributed by atoms with van der Waals surface area (Å²) in [6.45, 7) is 8.45. The third-order valence-corrected chi connectivity index (χ3v) is 5.31. The third kappa shape index (κ3) is 3.37. The number of carbonyl (C=O) groups excluding carboxylic acids is 1. The number of likely N-dealkylation sites (tertiary alicyclic amines) is 1. The van der Waals surface area contributed by atoms with Crippen LogP contribution in [0.15, 0.2) is 4.79 Å². The van der Waals surface area contributed by atoms with Crippen molar-refractivity contribution < 1.29 is 9.90 Å². The van der Waals surface area contributed by atoms with E-state index in [1.807, 2.05) is 13.8 Å². The van der Waals surface area contributed by atoms with Crippen LogP contribution in [0.25, 0.3) is 0 Å². The number of aryl methyl sites for hydroxylation is 1. The lowest BCUT2D eigenvalue weighted by atomic mass is 9.96. The first kappa shape index (κ1) is 16.2. The summed E-state index contributed by atoms with van der Waals surface area (Å²) in [5.74, 6) is 0.0229. The fourth-order valence-corrected chi connectivity index (χ4v) is 3.85. The van der Waals surface area contributed by atoms with Crippen LogP contribution >= 0.6 is 11.3 Å². The van der Waals surface area contributed by atoms with Crippen molar-refractivity contribution in [3.8, 4) is 0 Å². The molecular weight excluding hydrogens is 288 g/mol. The number of hydrogen-bond acceptors (Lipinski definition) is 4. The molecule has 118 valence electrons. The van der Waals surface area contributed by atoms with Crippen LogP contribution in [0.4, 0.5) is 0 Å². The van der Waals surface area contributed by atoms with E-state index in [2.05, 4.69) is 0 Å². The van der Waals surface area contributed by atoms with Gasteiger partial charge in [-0.1, -0.05) is 11.3 Å². The minimum atomic E-state index is -0.877.